The van der Waals surface area contributed by atoms with Crippen LogP contribution in [0.3, 0.4) is 0 Å². The van der Waals surface area contributed by atoms with Gasteiger partial charge in [0.15, 0.2) is 0 Å². The van der Waals surface area contributed by atoms with Gasteiger partial charge >= 0.3 is 0 Å². The molecule has 2 saturated carbocycles. The third-order valence-corrected chi connectivity index (χ3v) is 5.66. The zero-order valence-corrected chi connectivity index (χ0v) is 10.8. The molecule has 3 fully saturated rings. The monoisotopic (exact) mass is 238 g/mol. The van der Waals surface area contributed by atoms with Crippen molar-refractivity contribution in [2.24, 2.45) is 5.73 Å². The Hall–Kier alpha value is -0.120. The zero-order valence-electron chi connectivity index (χ0n) is 10.8. The smallest absolute Gasteiger partial charge is 0.0617 e. The van der Waals surface area contributed by atoms with Gasteiger partial charge in [-0.2, -0.15) is 5.06 Å². The molecule has 0 bridgehead atoms. The summed E-state index contributed by atoms with van der Waals surface area (Å²) in [6.45, 7) is 0. The predicted octanol–water partition coefficient (Wildman–Crippen LogP) is 2.81. The second kappa shape index (κ2) is 4.22. The molecule has 3 rings (SSSR count). The lowest BCUT2D eigenvalue weighted by Gasteiger charge is -2.46. The molecule has 1 unspecified atom stereocenters. The molecule has 0 radical (unpaired) electrons. The van der Waals surface area contributed by atoms with Crippen molar-refractivity contribution in [2.45, 2.75) is 87.7 Å². The van der Waals surface area contributed by atoms with Crippen LogP contribution >= 0.6 is 0 Å². The van der Waals surface area contributed by atoms with Crippen LogP contribution in [0.25, 0.3) is 0 Å². The summed E-state index contributed by atoms with van der Waals surface area (Å²) in [7, 11) is 0. The molecule has 1 atom stereocenters. The predicted molar refractivity (Wildman–Crippen MR) is 67.8 cm³/mol. The summed E-state index contributed by atoms with van der Waals surface area (Å²) < 4.78 is 0. The molecule has 0 aromatic heterocycles. The number of hydrogen-bond donors (Lipinski definition) is 2. The van der Waals surface area contributed by atoms with Crippen molar-refractivity contribution in [3.8, 4) is 0 Å². The zero-order chi connectivity index (χ0) is 11.9. The Morgan fingerprint density at radius 3 is 2.00 bits per heavy atom. The van der Waals surface area contributed by atoms with Crippen LogP contribution in [0.1, 0.15) is 70.6 Å². The van der Waals surface area contributed by atoms with Crippen LogP contribution in [0.2, 0.25) is 0 Å². The summed E-state index contributed by atoms with van der Waals surface area (Å²) in [5.41, 5.74) is 6.40. The molecule has 0 aromatic rings. The highest BCUT2D eigenvalue weighted by molar-refractivity contribution is 5.13. The highest BCUT2D eigenvalue weighted by atomic mass is 16.5. The molecule has 1 aliphatic heterocycles. The van der Waals surface area contributed by atoms with Gasteiger partial charge in [-0.1, -0.05) is 38.5 Å². The maximum absolute atomic E-state index is 10.8. The van der Waals surface area contributed by atoms with Crippen LogP contribution in [-0.4, -0.2) is 27.4 Å². The quantitative estimate of drug-likeness (QED) is 0.682. The maximum Gasteiger partial charge on any atom is 0.0617 e. The average Bonchev–Trinajstić information content (AvgIpc) is 2.55. The van der Waals surface area contributed by atoms with E-state index in [1.54, 1.807) is 5.06 Å². The fourth-order valence-electron chi connectivity index (χ4n) is 4.69. The molecule has 17 heavy (non-hydrogen) atoms. The van der Waals surface area contributed by atoms with Crippen molar-refractivity contribution in [3.05, 3.63) is 0 Å². The lowest BCUT2D eigenvalue weighted by atomic mass is 9.77. The van der Waals surface area contributed by atoms with Gasteiger partial charge in [0.25, 0.3) is 0 Å². The van der Waals surface area contributed by atoms with Gasteiger partial charge in [-0.3, -0.25) is 0 Å². The van der Waals surface area contributed by atoms with Crippen LogP contribution in [0.4, 0.5) is 0 Å². The van der Waals surface area contributed by atoms with Crippen molar-refractivity contribution >= 4 is 0 Å². The van der Waals surface area contributed by atoms with Crippen molar-refractivity contribution in [3.63, 3.8) is 0 Å². The summed E-state index contributed by atoms with van der Waals surface area (Å²) in [6.07, 6.45) is 13.2. The van der Waals surface area contributed by atoms with Gasteiger partial charge in [-0.05, 0) is 32.1 Å². The Labute approximate surface area is 104 Å². The Kier molecular flexibility index (Phi) is 2.96. The molecule has 0 amide bonds. The number of nitrogens with two attached hydrogens (primary N) is 1. The van der Waals surface area contributed by atoms with Crippen molar-refractivity contribution in [2.75, 3.05) is 0 Å². The molecule has 0 aromatic carbocycles. The Morgan fingerprint density at radius 2 is 1.41 bits per heavy atom. The van der Waals surface area contributed by atoms with Gasteiger partial charge in [-0.25, -0.2) is 0 Å². The first-order valence-corrected chi connectivity index (χ1v) is 7.45. The molecule has 1 heterocycles. The van der Waals surface area contributed by atoms with Crippen LogP contribution in [-0.2, 0) is 0 Å². The molecule has 3 aliphatic rings. The van der Waals surface area contributed by atoms with E-state index in [1.165, 1.54) is 38.5 Å². The van der Waals surface area contributed by atoms with E-state index in [0.29, 0.717) is 0 Å². The molecule has 1 saturated heterocycles. The largest absolute Gasteiger partial charge is 0.326 e. The topological polar surface area (TPSA) is 49.5 Å². The maximum atomic E-state index is 10.8. The summed E-state index contributed by atoms with van der Waals surface area (Å²) in [4.78, 5) is 0. The minimum Gasteiger partial charge on any atom is -0.326 e. The molecule has 3 heteroatoms. The van der Waals surface area contributed by atoms with E-state index < -0.39 is 0 Å². The van der Waals surface area contributed by atoms with E-state index in [-0.39, 0.29) is 17.1 Å². The Bertz CT molecular complexity index is 280. The first-order valence-electron chi connectivity index (χ1n) is 7.45. The Balaban J connectivity index is 1.86. The highest BCUT2D eigenvalue weighted by Crippen LogP contribution is 2.51. The van der Waals surface area contributed by atoms with Gasteiger partial charge < -0.3 is 10.9 Å². The van der Waals surface area contributed by atoms with Crippen LogP contribution in [0.15, 0.2) is 0 Å². The number of hydrogen-bond acceptors (Lipinski definition) is 3. The van der Waals surface area contributed by atoms with Crippen LogP contribution < -0.4 is 5.73 Å². The summed E-state index contributed by atoms with van der Waals surface area (Å²) >= 11 is 0. The van der Waals surface area contributed by atoms with E-state index in [4.69, 9.17) is 5.73 Å². The lowest BCUT2D eigenvalue weighted by molar-refractivity contribution is -0.228. The molecule has 3 N–H and O–H groups in total. The summed E-state index contributed by atoms with van der Waals surface area (Å²) in [5.74, 6) is 0. The standard InChI is InChI=1S/C14H26N2O/c15-12-11-13(7-3-1-4-8-13)16(17)14(12)9-5-2-6-10-14/h12,17H,1-11,15H2. The normalized spacial score (nSPS) is 36.7. The summed E-state index contributed by atoms with van der Waals surface area (Å²) in [6, 6.07) is 0.186. The van der Waals surface area contributed by atoms with E-state index >= 15 is 0 Å². The SMILES string of the molecule is NC1CC2(CCCCC2)N(O)C12CCCCC2. The fourth-order valence-corrected chi connectivity index (χ4v) is 4.69. The lowest BCUT2D eigenvalue weighted by Crippen LogP contribution is -2.57. The number of nitrogens with zero attached hydrogens (tertiary/aromatic N) is 1. The van der Waals surface area contributed by atoms with Crippen molar-refractivity contribution in [1.82, 2.24) is 5.06 Å². The average molecular weight is 238 g/mol. The first kappa shape index (κ1) is 11.9. The van der Waals surface area contributed by atoms with Gasteiger partial charge in [0.05, 0.1) is 5.54 Å². The minimum absolute atomic E-state index is 0.0367. The molecule has 2 spiro atoms. The van der Waals surface area contributed by atoms with E-state index in [9.17, 15) is 5.21 Å². The third-order valence-electron chi connectivity index (χ3n) is 5.66. The highest BCUT2D eigenvalue weighted by Gasteiger charge is 2.58. The van der Waals surface area contributed by atoms with Crippen molar-refractivity contribution < 1.29 is 5.21 Å². The molecular weight excluding hydrogens is 212 g/mol. The van der Waals surface area contributed by atoms with Gasteiger partial charge in [0, 0.05) is 11.6 Å². The van der Waals surface area contributed by atoms with Gasteiger partial charge in [-0.15, -0.1) is 0 Å². The van der Waals surface area contributed by atoms with E-state index in [0.717, 1.165) is 32.1 Å². The number of hydroxylamine groups is 2. The molecular formula is C14H26N2O. The number of rotatable bonds is 0. The second-order valence-electron chi connectivity index (χ2n) is 6.57. The van der Waals surface area contributed by atoms with Gasteiger partial charge in [0.2, 0.25) is 0 Å². The minimum atomic E-state index is -0.0738. The second-order valence-corrected chi connectivity index (χ2v) is 6.57. The third kappa shape index (κ3) is 1.66. The van der Waals surface area contributed by atoms with E-state index in [1.807, 2.05) is 0 Å². The van der Waals surface area contributed by atoms with E-state index in [2.05, 4.69) is 0 Å². The summed E-state index contributed by atoms with van der Waals surface area (Å²) in [5, 5.41) is 12.6. The molecule has 3 nitrogen and oxygen atoms in total. The fraction of sp³-hybridized carbons (Fsp3) is 1.00. The van der Waals surface area contributed by atoms with Crippen LogP contribution in [0, 0.1) is 0 Å². The molecule has 98 valence electrons. The van der Waals surface area contributed by atoms with Gasteiger partial charge in [0.1, 0.15) is 0 Å². The van der Waals surface area contributed by atoms with Crippen LogP contribution in [0.5, 0.6) is 0 Å². The van der Waals surface area contributed by atoms with Crippen molar-refractivity contribution in [1.29, 1.82) is 0 Å². The molecule has 2 aliphatic carbocycles. The first-order chi connectivity index (χ1) is 8.20. The Morgan fingerprint density at radius 1 is 0.882 bits per heavy atom.